The quantitative estimate of drug-likeness (QED) is 0.720. The number of rotatable bonds is 5. The second-order valence-corrected chi connectivity index (χ2v) is 5.50. The first-order chi connectivity index (χ1) is 12.2. The highest BCUT2D eigenvalue weighted by Gasteiger charge is 2.10. The van der Waals surface area contributed by atoms with Gasteiger partial charge in [-0.05, 0) is 36.4 Å². The zero-order valence-electron chi connectivity index (χ0n) is 13.4. The number of nitrogens with one attached hydrogen (secondary N) is 2. The normalized spacial score (nSPS) is 10.2. The fraction of sp³-hybridized carbons (Fsp3) is 0.0556. The zero-order chi connectivity index (χ0) is 17.6. The van der Waals surface area contributed by atoms with Gasteiger partial charge in [-0.1, -0.05) is 29.8 Å². The van der Waals surface area contributed by atoms with Gasteiger partial charge in [0.1, 0.15) is 5.75 Å². The molecule has 0 aliphatic carbocycles. The number of amides is 1. The Morgan fingerprint density at radius 3 is 2.60 bits per heavy atom. The lowest BCUT2D eigenvalue weighted by molar-refractivity contribution is 0.102. The van der Waals surface area contributed by atoms with Crippen molar-refractivity contribution in [3.63, 3.8) is 0 Å². The van der Waals surface area contributed by atoms with Gasteiger partial charge in [-0.15, -0.1) is 10.2 Å². The van der Waals surface area contributed by atoms with Crippen LogP contribution in [0.25, 0.3) is 0 Å². The number of halogens is 1. The number of methoxy groups -OCH3 is 1. The van der Waals surface area contributed by atoms with E-state index in [1.807, 2.05) is 18.2 Å². The molecule has 1 amide bonds. The molecule has 1 aromatic heterocycles. The molecule has 0 fully saturated rings. The SMILES string of the molecule is COc1cccc(NC(=O)c2ccc(Nc3ccccc3Cl)nn2)c1. The van der Waals surface area contributed by atoms with E-state index in [0.29, 0.717) is 28.0 Å². The number of hydrogen-bond donors (Lipinski definition) is 2. The van der Waals surface area contributed by atoms with E-state index in [9.17, 15) is 4.79 Å². The topological polar surface area (TPSA) is 76.1 Å². The van der Waals surface area contributed by atoms with E-state index in [1.54, 1.807) is 49.6 Å². The zero-order valence-corrected chi connectivity index (χ0v) is 14.1. The Balaban J connectivity index is 1.69. The predicted molar refractivity (Wildman–Crippen MR) is 97.7 cm³/mol. The van der Waals surface area contributed by atoms with Crippen molar-refractivity contribution in [1.29, 1.82) is 0 Å². The third-order valence-electron chi connectivity index (χ3n) is 3.36. The Morgan fingerprint density at radius 1 is 1.04 bits per heavy atom. The summed E-state index contributed by atoms with van der Waals surface area (Å²) in [5.74, 6) is 0.791. The van der Waals surface area contributed by atoms with Crippen LogP contribution in [0.2, 0.25) is 5.02 Å². The maximum atomic E-state index is 12.2. The van der Waals surface area contributed by atoms with E-state index < -0.39 is 0 Å². The Bertz CT molecular complexity index is 884. The lowest BCUT2D eigenvalue weighted by Crippen LogP contribution is -2.14. The summed E-state index contributed by atoms with van der Waals surface area (Å²) in [6, 6.07) is 17.6. The van der Waals surface area contributed by atoms with E-state index in [0.717, 1.165) is 0 Å². The maximum absolute atomic E-state index is 12.2. The Labute approximate surface area is 149 Å². The number of carbonyl (C=O) groups excluding carboxylic acids is 1. The lowest BCUT2D eigenvalue weighted by atomic mass is 10.3. The molecule has 3 rings (SSSR count). The number of anilines is 3. The molecule has 0 radical (unpaired) electrons. The standard InChI is InChI=1S/C18H15ClN4O2/c1-25-13-6-4-5-12(11-13)20-18(24)16-9-10-17(23-22-16)21-15-8-3-2-7-14(15)19/h2-11H,1H3,(H,20,24)(H,21,23). The summed E-state index contributed by atoms with van der Waals surface area (Å²) in [6.07, 6.45) is 0. The largest absolute Gasteiger partial charge is 0.497 e. The van der Waals surface area contributed by atoms with Gasteiger partial charge in [0, 0.05) is 11.8 Å². The van der Waals surface area contributed by atoms with Crippen LogP contribution in [0.5, 0.6) is 5.75 Å². The molecule has 2 N–H and O–H groups in total. The Hall–Kier alpha value is -3.12. The van der Waals surface area contributed by atoms with Crippen LogP contribution in [0.3, 0.4) is 0 Å². The van der Waals surface area contributed by atoms with Crippen LogP contribution in [0.4, 0.5) is 17.2 Å². The first-order valence-electron chi connectivity index (χ1n) is 7.46. The smallest absolute Gasteiger partial charge is 0.276 e. The average molecular weight is 355 g/mol. The number of aromatic nitrogens is 2. The van der Waals surface area contributed by atoms with Gasteiger partial charge in [0.2, 0.25) is 0 Å². The van der Waals surface area contributed by atoms with Crippen LogP contribution >= 0.6 is 11.6 Å². The summed E-state index contributed by atoms with van der Waals surface area (Å²) in [4.78, 5) is 12.2. The summed E-state index contributed by atoms with van der Waals surface area (Å²) in [5, 5.41) is 14.3. The lowest BCUT2D eigenvalue weighted by Gasteiger charge is -2.08. The third-order valence-corrected chi connectivity index (χ3v) is 3.69. The molecule has 1 heterocycles. The highest BCUT2D eigenvalue weighted by Crippen LogP contribution is 2.23. The van der Waals surface area contributed by atoms with Crippen LogP contribution < -0.4 is 15.4 Å². The number of para-hydroxylation sites is 1. The van der Waals surface area contributed by atoms with E-state index in [2.05, 4.69) is 20.8 Å². The molecule has 0 unspecified atom stereocenters. The van der Waals surface area contributed by atoms with Crippen molar-refractivity contribution >= 4 is 34.7 Å². The number of ether oxygens (including phenoxy) is 1. The first-order valence-corrected chi connectivity index (χ1v) is 7.84. The van der Waals surface area contributed by atoms with Gasteiger partial charge in [-0.25, -0.2) is 0 Å². The Kier molecular flexibility index (Phi) is 5.11. The summed E-state index contributed by atoms with van der Waals surface area (Å²) >= 11 is 6.09. The first kappa shape index (κ1) is 16.7. The number of nitrogens with zero attached hydrogens (tertiary/aromatic N) is 2. The minimum Gasteiger partial charge on any atom is -0.497 e. The van der Waals surface area contributed by atoms with E-state index >= 15 is 0 Å². The van der Waals surface area contributed by atoms with E-state index in [1.165, 1.54) is 0 Å². The molecule has 126 valence electrons. The van der Waals surface area contributed by atoms with Gasteiger partial charge in [-0.2, -0.15) is 0 Å². The van der Waals surface area contributed by atoms with Gasteiger partial charge in [0.05, 0.1) is 17.8 Å². The molecule has 0 saturated carbocycles. The second kappa shape index (κ2) is 7.63. The fourth-order valence-corrected chi connectivity index (χ4v) is 2.30. The summed E-state index contributed by atoms with van der Waals surface area (Å²) in [5.41, 5.74) is 1.53. The van der Waals surface area contributed by atoms with Crippen molar-refractivity contribution in [2.24, 2.45) is 0 Å². The highest BCUT2D eigenvalue weighted by molar-refractivity contribution is 6.33. The predicted octanol–water partition coefficient (Wildman–Crippen LogP) is 4.13. The third kappa shape index (κ3) is 4.24. The minimum atomic E-state index is -0.356. The van der Waals surface area contributed by atoms with Crippen LogP contribution in [-0.2, 0) is 0 Å². The van der Waals surface area contributed by atoms with Crippen molar-refractivity contribution in [3.05, 3.63) is 71.4 Å². The second-order valence-electron chi connectivity index (χ2n) is 5.09. The number of benzene rings is 2. The van der Waals surface area contributed by atoms with Crippen molar-refractivity contribution in [3.8, 4) is 5.75 Å². The number of hydrogen-bond acceptors (Lipinski definition) is 5. The highest BCUT2D eigenvalue weighted by atomic mass is 35.5. The van der Waals surface area contributed by atoms with Gasteiger partial charge < -0.3 is 15.4 Å². The average Bonchev–Trinajstić information content (AvgIpc) is 2.64. The molecular formula is C18H15ClN4O2. The molecule has 0 aliphatic rings. The van der Waals surface area contributed by atoms with Crippen molar-refractivity contribution < 1.29 is 9.53 Å². The van der Waals surface area contributed by atoms with Gasteiger partial charge in [0.25, 0.3) is 5.91 Å². The van der Waals surface area contributed by atoms with Gasteiger partial charge >= 0.3 is 0 Å². The van der Waals surface area contributed by atoms with Gasteiger partial charge in [-0.3, -0.25) is 4.79 Å². The number of carbonyl (C=O) groups is 1. The molecule has 2 aromatic carbocycles. The summed E-state index contributed by atoms with van der Waals surface area (Å²) in [6.45, 7) is 0. The van der Waals surface area contributed by atoms with E-state index in [-0.39, 0.29) is 11.6 Å². The maximum Gasteiger partial charge on any atom is 0.276 e. The minimum absolute atomic E-state index is 0.201. The molecule has 0 aliphatic heterocycles. The van der Waals surface area contributed by atoms with Crippen LogP contribution in [0.15, 0.2) is 60.7 Å². The molecular weight excluding hydrogens is 340 g/mol. The molecule has 7 heteroatoms. The molecule has 0 saturated heterocycles. The molecule has 0 bridgehead atoms. The molecule has 0 atom stereocenters. The summed E-state index contributed by atoms with van der Waals surface area (Å²) in [7, 11) is 1.57. The molecule has 6 nitrogen and oxygen atoms in total. The monoisotopic (exact) mass is 354 g/mol. The van der Waals surface area contributed by atoms with Crippen LogP contribution in [0.1, 0.15) is 10.5 Å². The van der Waals surface area contributed by atoms with Gasteiger partial charge in [0.15, 0.2) is 11.5 Å². The molecule has 0 spiro atoms. The Morgan fingerprint density at radius 2 is 1.88 bits per heavy atom. The van der Waals surface area contributed by atoms with Crippen molar-refractivity contribution in [2.75, 3.05) is 17.7 Å². The van der Waals surface area contributed by atoms with Crippen molar-refractivity contribution in [2.45, 2.75) is 0 Å². The van der Waals surface area contributed by atoms with Crippen molar-refractivity contribution in [1.82, 2.24) is 10.2 Å². The summed E-state index contributed by atoms with van der Waals surface area (Å²) < 4.78 is 5.13. The fourth-order valence-electron chi connectivity index (χ4n) is 2.12. The van der Waals surface area contributed by atoms with E-state index in [4.69, 9.17) is 16.3 Å². The van der Waals surface area contributed by atoms with Crippen LogP contribution in [0, 0.1) is 0 Å². The molecule has 25 heavy (non-hydrogen) atoms. The molecule has 3 aromatic rings. The van der Waals surface area contributed by atoms with Crippen LogP contribution in [-0.4, -0.2) is 23.2 Å².